The number of nitrogens with one attached hydrogen (secondary N) is 2. The topological polar surface area (TPSA) is 87.7 Å². The van der Waals surface area contributed by atoms with Gasteiger partial charge in [-0.3, -0.25) is 14.5 Å². The smallest absolute Gasteiger partial charge is 0.325 e. The van der Waals surface area contributed by atoms with E-state index in [0.29, 0.717) is 5.75 Å². The first-order valence-corrected chi connectivity index (χ1v) is 8.64. The molecule has 1 aliphatic rings. The van der Waals surface area contributed by atoms with Crippen LogP contribution in [0.2, 0.25) is 0 Å². The van der Waals surface area contributed by atoms with Gasteiger partial charge in [-0.15, -0.1) is 0 Å². The lowest BCUT2D eigenvalue weighted by molar-refractivity contribution is -0.133. The third-order valence-corrected chi connectivity index (χ3v) is 4.53. The number of ether oxygens (including phenoxy) is 1. The minimum absolute atomic E-state index is 0.0173. The van der Waals surface area contributed by atoms with E-state index in [0.717, 1.165) is 10.5 Å². The van der Waals surface area contributed by atoms with Crippen molar-refractivity contribution in [1.29, 1.82) is 0 Å². The van der Waals surface area contributed by atoms with Crippen LogP contribution >= 0.6 is 0 Å². The highest BCUT2D eigenvalue weighted by Gasteiger charge is 2.48. The average Bonchev–Trinajstić information content (AvgIpc) is 2.87. The van der Waals surface area contributed by atoms with Crippen molar-refractivity contribution in [2.24, 2.45) is 0 Å². The number of hydrogen-bond donors (Lipinski definition) is 2. The first-order valence-electron chi connectivity index (χ1n) is 8.64. The molecule has 2 aromatic carbocycles. The molecule has 0 spiro atoms. The quantitative estimate of drug-likeness (QED) is 0.747. The van der Waals surface area contributed by atoms with Gasteiger partial charge in [-0.25, -0.2) is 9.18 Å². The van der Waals surface area contributed by atoms with Gasteiger partial charge in [0.15, 0.2) is 0 Å². The second-order valence-electron chi connectivity index (χ2n) is 6.67. The maximum absolute atomic E-state index is 13.7. The van der Waals surface area contributed by atoms with E-state index in [4.69, 9.17) is 4.74 Å². The molecule has 0 saturated carbocycles. The predicted molar refractivity (Wildman–Crippen MR) is 100 cm³/mol. The number of hydrogen-bond acceptors (Lipinski definition) is 4. The van der Waals surface area contributed by atoms with E-state index in [-0.39, 0.29) is 12.1 Å². The molecule has 0 aromatic heterocycles. The summed E-state index contributed by atoms with van der Waals surface area (Å²) in [7, 11) is 1.52. The lowest BCUT2D eigenvalue weighted by Gasteiger charge is -2.22. The van der Waals surface area contributed by atoms with Gasteiger partial charge in [0, 0.05) is 6.42 Å². The van der Waals surface area contributed by atoms with Crippen molar-refractivity contribution in [3.63, 3.8) is 0 Å². The number of rotatable bonds is 6. The molecule has 2 N–H and O–H groups in total. The second-order valence-corrected chi connectivity index (χ2v) is 6.67. The minimum atomic E-state index is -1.22. The maximum Gasteiger partial charge on any atom is 0.325 e. The summed E-state index contributed by atoms with van der Waals surface area (Å²) >= 11 is 0. The molecule has 1 fully saturated rings. The van der Waals surface area contributed by atoms with E-state index in [2.05, 4.69) is 10.6 Å². The molecule has 1 atom stereocenters. The van der Waals surface area contributed by atoms with Gasteiger partial charge in [-0.2, -0.15) is 0 Å². The van der Waals surface area contributed by atoms with Gasteiger partial charge in [0.05, 0.1) is 12.8 Å². The maximum atomic E-state index is 13.7. The Bertz CT molecular complexity index is 933. The van der Waals surface area contributed by atoms with E-state index in [1.807, 2.05) is 6.07 Å². The molecule has 1 saturated heterocycles. The summed E-state index contributed by atoms with van der Waals surface area (Å²) < 4.78 is 19.0. The minimum Gasteiger partial charge on any atom is -0.496 e. The fourth-order valence-corrected chi connectivity index (χ4v) is 3.14. The van der Waals surface area contributed by atoms with Gasteiger partial charge < -0.3 is 15.4 Å². The highest BCUT2D eigenvalue weighted by atomic mass is 19.1. The summed E-state index contributed by atoms with van der Waals surface area (Å²) in [5, 5.41) is 5.00. The molecular weight excluding hydrogens is 365 g/mol. The van der Waals surface area contributed by atoms with Gasteiger partial charge >= 0.3 is 6.03 Å². The molecular formula is C20H20FN3O4. The van der Waals surface area contributed by atoms with Crippen molar-refractivity contribution in [1.82, 2.24) is 10.2 Å². The molecule has 1 aliphatic heterocycles. The number of urea groups is 1. The molecule has 0 aliphatic carbocycles. The van der Waals surface area contributed by atoms with Crippen LogP contribution in [0.25, 0.3) is 0 Å². The number of methoxy groups -OCH3 is 1. The summed E-state index contributed by atoms with van der Waals surface area (Å²) in [5.74, 6) is -1.21. The SMILES string of the molecule is COc1ccccc1C[C@]1(C)NC(=O)N(CC(=O)Nc2ccccc2F)C1=O. The Morgan fingerprint density at radius 3 is 2.57 bits per heavy atom. The van der Waals surface area contributed by atoms with E-state index in [9.17, 15) is 18.8 Å². The molecule has 3 rings (SSSR count). The van der Waals surface area contributed by atoms with Crippen molar-refractivity contribution < 1.29 is 23.5 Å². The molecule has 2 aromatic rings. The lowest BCUT2D eigenvalue weighted by Crippen LogP contribution is -2.46. The van der Waals surface area contributed by atoms with Gasteiger partial charge in [-0.05, 0) is 30.7 Å². The van der Waals surface area contributed by atoms with Crippen molar-refractivity contribution >= 4 is 23.5 Å². The van der Waals surface area contributed by atoms with E-state index >= 15 is 0 Å². The zero-order valence-electron chi connectivity index (χ0n) is 15.5. The Morgan fingerprint density at radius 2 is 1.86 bits per heavy atom. The molecule has 1 heterocycles. The van der Waals surface area contributed by atoms with Crippen LogP contribution in [-0.4, -0.2) is 41.9 Å². The molecule has 28 heavy (non-hydrogen) atoms. The van der Waals surface area contributed by atoms with Crippen LogP contribution < -0.4 is 15.4 Å². The largest absolute Gasteiger partial charge is 0.496 e. The molecule has 0 unspecified atom stereocenters. The Kier molecular flexibility index (Phi) is 5.30. The van der Waals surface area contributed by atoms with E-state index in [1.165, 1.54) is 25.3 Å². The highest BCUT2D eigenvalue weighted by Crippen LogP contribution is 2.27. The predicted octanol–water partition coefficient (Wildman–Crippen LogP) is 2.33. The van der Waals surface area contributed by atoms with Gasteiger partial charge in [0.2, 0.25) is 5.91 Å². The number of halogens is 1. The van der Waals surface area contributed by atoms with Crippen LogP contribution in [0.5, 0.6) is 5.75 Å². The average molecular weight is 385 g/mol. The van der Waals surface area contributed by atoms with Crippen LogP contribution in [0.4, 0.5) is 14.9 Å². The number of carbonyl (C=O) groups is 3. The molecule has 0 bridgehead atoms. The van der Waals surface area contributed by atoms with Crippen LogP contribution in [0, 0.1) is 5.82 Å². The Morgan fingerprint density at radius 1 is 1.18 bits per heavy atom. The third kappa shape index (κ3) is 3.80. The monoisotopic (exact) mass is 385 g/mol. The number of imide groups is 1. The molecule has 7 nitrogen and oxygen atoms in total. The fraction of sp³-hybridized carbons (Fsp3) is 0.250. The van der Waals surface area contributed by atoms with Crippen LogP contribution in [0.1, 0.15) is 12.5 Å². The number of para-hydroxylation sites is 2. The van der Waals surface area contributed by atoms with Gasteiger partial charge in [-0.1, -0.05) is 30.3 Å². The number of anilines is 1. The van der Waals surface area contributed by atoms with Gasteiger partial charge in [0.1, 0.15) is 23.7 Å². The van der Waals surface area contributed by atoms with E-state index < -0.39 is 35.7 Å². The molecule has 4 amide bonds. The Balaban J connectivity index is 1.72. The number of benzene rings is 2. The van der Waals surface area contributed by atoms with Crippen molar-refractivity contribution in [3.05, 3.63) is 59.9 Å². The molecule has 146 valence electrons. The van der Waals surface area contributed by atoms with Crippen LogP contribution in [-0.2, 0) is 16.0 Å². The zero-order valence-corrected chi connectivity index (χ0v) is 15.5. The number of carbonyl (C=O) groups excluding carboxylic acids is 3. The second kappa shape index (κ2) is 7.67. The lowest BCUT2D eigenvalue weighted by atomic mass is 9.92. The Hall–Kier alpha value is -3.42. The van der Waals surface area contributed by atoms with Crippen molar-refractivity contribution in [2.45, 2.75) is 18.9 Å². The van der Waals surface area contributed by atoms with Crippen molar-refractivity contribution in [2.75, 3.05) is 19.0 Å². The highest BCUT2D eigenvalue weighted by molar-refractivity contribution is 6.10. The molecule has 0 radical (unpaired) electrons. The number of nitrogens with zero attached hydrogens (tertiary/aromatic N) is 1. The number of amides is 4. The molecule has 8 heteroatoms. The van der Waals surface area contributed by atoms with Crippen molar-refractivity contribution in [3.8, 4) is 5.75 Å². The first kappa shape index (κ1) is 19.3. The summed E-state index contributed by atoms with van der Waals surface area (Å²) in [4.78, 5) is 38.2. The van der Waals surface area contributed by atoms with Crippen LogP contribution in [0.15, 0.2) is 48.5 Å². The Labute approximate surface area is 161 Å². The van der Waals surface area contributed by atoms with E-state index in [1.54, 1.807) is 31.2 Å². The summed E-state index contributed by atoms with van der Waals surface area (Å²) in [6, 6.07) is 12.2. The van der Waals surface area contributed by atoms with Gasteiger partial charge in [0.25, 0.3) is 5.91 Å². The first-order chi connectivity index (χ1) is 13.3. The summed E-state index contributed by atoms with van der Waals surface area (Å²) in [6.07, 6.45) is 0.201. The zero-order chi connectivity index (χ0) is 20.3. The van der Waals surface area contributed by atoms with Crippen LogP contribution in [0.3, 0.4) is 0 Å². The summed E-state index contributed by atoms with van der Waals surface area (Å²) in [5.41, 5.74) is -0.487. The normalized spacial score (nSPS) is 18.8. The fourth-order valence-electron chi connectivity index (χ4n) is 3.14. The standard InChI is InChI=1S/C20H20FN3O4/c1-20(11-13-7-3-6-10-16(13)28-2)18(26)24(19(27)23-20)12-17(25)22-15-9-5-4-8-14(15)21/h3-10H,11-12H2,1-2H3,(H,22,25)(H,23,27)/t20-/m0/s1. The third-order valence-electron chi connectivity index (χ3n) is 4.53. The summed E-state index contributed by atoms with van der Waals surface area (Å²) in [6.45, 7) is 1.08.